The minimum Gasteiger partial charge on any atom is -0.457 e. The molecule has 0 saturated heterocycles. The summed E-state index contributed by atoms with van der Waals surface area (Å²) in [4.78, 5) is 19.6. The van der Waals surface area contributed by atoms with Crippen LogP contribution in [0.25, 0.3) is 5.65 Å². The van der Waals surface area contributed by atoms with Crippen molar-refractivity contribution in [2.24, 2.45) is 0 Å². The normalized spacial score (nSPS) is 11.0. The molecule has 0 bridgehead atoms. The quantitative estimate of drug-likeness (QED) is 0.421. The van der Waals surface area contributed by atoms with E-state index in [9.17, 15) is 9.18 Å². The van der Waals surface area contributed by atoms with Gasteiger partial charge in [-0.3, -0.25) is 9.20 Å². The third-order valence-electron chi connectivity index (χ3n) is 5.12. The zero-order valence-electron chi connectivity index (χ0n) is 17.8. The summed E-state index contributed by atoms with van der Waals surface area (Å²) in [6.45, 7) is 4.46. The van der Waals surface area contributed by atoms with Gasteiger partial charge in [-0.15, -0.1) is 0 Å². The van der Waals surface area contributed by atoms with Crippen LogP contribution in [0.15, 0.2) is 66.9 Å². The number of nitrogens with zero attached hydrogens (tertiary/aromatic N) is 3. The van der Waals surface area contributed by atoms with Crippen LogP contribution in [0.3, 0.4) is 0 Å². The molecule has 31 heavy (non-hydrogen) atoms. The summed E-state index contributed by atoms with van der Waals surface area (Å²) < 4.78 is 20.6. The monoisotopic (exact) mass is 417 g/mol. The fraction of sp³-hybridized carbons (Fsp3) is 0.200. The first kappa shape index (κ1) is 20.6. The second kappa shape index (κ2) is 8.60. The molecule has 1 amide bonds. The molecule has 4 rings (SSSR count). The molecular weight excluding hydrogens is 393 g/mol. The van der Waals surface area contributed by atoms with Crippen molar-refractivity contribution in [3.63, 3.8) is 0 Å². The van der Waals surface area contributed by atoms with E-state index in [1.165, 1.54) is 12.1 Å². The molecule has 2 heterocycles. The van der Waals surface area contributed by atoms with E-state index >= 15 is 0 Å². The molecule has 0 aliphatic carbocycles. The van der Waals surface area contributed by atoms with Crippen LogP contribution in [0, 0.1) is 12.7 Å². The predicted molar refractivity (Wildman–Crippen MR) is 118 cm³/mol. The Morgan fingerprint density at radius 1 is 1.03 bits per heavy atom. The molecule has 2 aromatic heterocycles. The lowest BCUT2D eigenvalue weighted by Crippen LogP contribution is -2.28. The Hall–Kier alpha value is -3.67. The molecule has 5 nitrogen and oxygen atoms in total. The summed E-state index contributed by atoms with van der Waals surface area (Å²) in [6, 6.07) is 17.3. The Bertz CT molecular complexity index is 1210. The zero-order chi connectivity index (χ0) is 22.0. The first-order chi connectivity index (χ1) is 14.9. The van der Waals surface area contributed by atoms with E-state index in [4.69, 9.17) is 4.74 Å². The third-order valence-corrected chi connectivity index (χ3v) is 5.12. The number of aryl methyl sites for hydroxylation is 2. The minimum absolute atomic E-state index is 0.0680. The molecule has 0 aliphatic rings. The van der Waals surface area contributed by atoms with Crippen molar-refractivity contribution in [3.8, 4) is 11.5 Å². The molecule has 4 aromatic rings. The van der Waals surface area contributed by atoms with Crippen molar-refractivity contribution in [1.82, 2.24) is 14.3 Å². The fourth-order valence-corrected chi connectivity index (χ4v) is 3.50. The Kier molecular flexibility index (Phi) is 5.71. The number of rotatable bonds is 6. The number of ether oxygens (including phenoxy) is 1. The first-order valence-electron chi connectivity index (χ1n) is 10.2. The van der Waals surface area contributed by atoms with E-state index in [0.717, 1.165) is 22.5 Å². The maximum atomic E-state index is 13.3. The highest BCUT2D eigenvalue weighted by Crippen LogP contribution is 2.23. The number of pyridine rings is 1. The highest BCUT2D eigenvalue weighted by Gasteiger charge is 2.21. The summed E-state index contributed by atoms with van der Waals surface area (Å²) >= 11 is 0. The van der Waals surface area contributed by atoms with Gasteiger partial charge in [-0.25, -0.2) is 9.37 Å². The number of carbonyl (C=O) groups excluding carboxylic acids is 1. The number of fused-ring (bicyclic) bond motifs is 1. The van der Waals surface area contributed by atoms with Gasteiger partial charge in [0.1, 0.15) is 28.7 Å². The van der Waals surface area contributed by atoms with Gasteiger partial charge in [0, 0.05) is 19.8 Å². The summed E-state index contributed by atoms with van der Waals surface area (Å²) in [5.41, 5.74) is 4.23. The molecule has 0 fully saturated rings. The molecule has 0 aliphatic heterocycles. The maximum absolute atomic E-state index is 13.3. The van der Waals surface area contributed by atoms with Gasteiger partial charge in [-0.05, 0) is 66.9 Å². The van der Waals surface area contributed by atoms with E-state index in [-0.39, 0.29) is 11.7 Å². The number of aromatic nitrogens is 2. The largest absolute Gasteiger partial charge is 0.457 e. The molecule has 6 heteroatoms. The number of carbonyl (C=O) groups is 1. The van der Waals surface area contributed by atoms with Crippen LogP contribution in [0.5, 0.6) is 11.5 Å². The molecule has 0 radical (unpaired) electrons. The number of hydrogen-bond acceptors (Lipinski definition) is 3. The van der Waals surface area contributed by atoms with Gasteiger partial charge in [0.25, 0.3) is 5.91 Å². The van der Waals surface area contributed by atoms with Crippen LogP contribution < -0.4 is 4.74 Å². The van der Waals surface area contributed by atoms with Gasteiger partial charge in [0.2, 0.25) is 0 Å². The van der Waals surface area contributed by atoms with Gasteiger partial charge >= 0.3 is 0 Å². The van der Waals surface area contributed by atoms with E-state index in [1.54, 1.807) is 24.1 Å². The van der Waals surface area contributed by atoms with Crippen molar-refractivity contribution in [3.05, 3.63) is 95.2 Å². The second-order valence-corrected chi connectivity index (χ2v) is 7.56. The Morgan fingerprint density at radius 2 is 1.68 bits per heavy atom. The average molecular weight is 417 g/mol. The Morgan fingerprint density at radius 3 is 2.32 bits per heavy atom. The maximum Gasteiger partial charge on any atom is 0.272 e. The Balaban J connectivity index is 1.50. The van der Waals surface area contributed by atoms with Crippen LogP contribution in [0.4, 0.5) is 4.39 Å². The van der Waals surface area contributed by atoms with Crippen molar-refractivity contribution >= 4 is 11.6 Å². The molecule has 0 spiro atoms. The summed E-state index contributed by atoms with van der Waals surface area (Å²) in [5.74, 6) is 0.843. The second-order valence-electron chi connectivity index (χ2n) is 7.56. The van der Waals surface area contributed by atoms with E-state index in [2.05, 4.69) is 4.98 Å². The van der Waals surface area contributed by atoms with Gasteiger partial charge in [0.15, 0.2) is 0 Å². The van der Waals surface area contributed by atoms with Crippen LogP contribution >= 0.6 is 0 Å². The van der Waals surface area contributed by atoms with Gasteiger partial charge in [-0.2, -0.15) is 0 Å². The number of benzene rings is 2. The van der Waals surface area contributed by atoms with Crippen LogP contribution in [-0.4, -0.2) is 27.2 Å². The number of imidazole rings is 1. The number of halogens is 1. The summed E-state index contributed by atoms with van der Waals surface area (Å²) in [7, 11) is 1.79. The first-order valence-corrected chi connectivity index (χ1v) is 10.2. The third kappa shape index (κ3) is 4.43. The van der Waals surface area contributed by atoms with Crippen molar-refractivity contribution in [1.29, 1.82) is 0 Å². The van der Waals surface area contributed by atoms with Crippen LogP contribution in [-0.2, 0) is 13.0 Å². The summed E-state index contributed by atoms with van der Waals surface area (Å²) in [5, 5.41) is 0. The molecule has 0 atom stereocenters. The SMILES string of the molecule is CCc1nc2ccc(C)cn2c1C(=O)N(C)Cc1ccc(Oc2ccc(F)cc2)cc1. The predicted octanol–water partition coefficient (Wildman–Crippen LogP) is 5.41. The van der Waals surface area contributed by atoms with Crippen molar-refractivity contribution in [2.45, 2.75) is 26.8 Å². The van der Waals surface area contributed by atoms with Gasteiger partial charge in [-0.1, -0.05) is 25.1 Å². The standard InChI is InChI=1S/C25H24FN3O2/c1-4-22-24(29-15-17(2)5-14-23(29)27-22)25(30)28(3)16-18-6-10-20(11-7-18)31-21-12-8-19(26)9-13-21/h5-15H,4,16H2,1-3H3. The highest BCUT2D eigenvalue weighted by atomic mass is 19.1. The van der Waals surface area contributed by atoms with Crippen molar-refractivity contribution in [2.75, 3.05) is 7.05 Å². The number of amides is 1. The highest BCUT2D eigenvalue weighted by molar-refractivity contribution is 5.94. The van der Waals surface area contributed by atoms with E-state index < -0.39 is 0 Å². The van der Waals surface area contributed by atoms with Crippen LogP contribution in [0.2, 0.25) is 0 Å². The van der Waals surface area contributed by atoms with E-state index in [1.807, 2.05) is 60.8 Å². The lowest BCUT2D eigenvalue weighted by molar-refractivity contribution is 0.0777. The Labute approximate surface area is 180 Å². The minimum atomic E-state index is -0.303. The van der Waals surface area contributed by atoms with Gasteiger partial charge in [0.05, 0.1) is 5.69 Å². The molecule has 0 saturated carbocycles. The van der Waals surface area contributed by atoms with Crippen molar-refractivity contribution < 1.29 is 13.9 Å². The van der Waals surface area contributed by atoms with Crippen LogP contribution in [0.1, 0.15) is 34.2 Å². The lowest BCUT2D eigenvalue weighted by atomic mass is 10.2. The van der Waals surface area contributed by atoms with Gasteiger partial charge < -0.3 is 9.64 Å². The topological polar surface area (TPSA) is 46.8 Å². The smallest absolute Gasteiger partial charge is 0.272 e. The fourth-order valence-electron chi connectivity index (χ4n) is 3.50. The molecule has 158 valence electrons. The molecule has 2 aromatic carbocycles. The molecule has 0 N–H and O–H groups in total. The average Bonchev–Trinajstić information content (AvgIpc) is 3.13. The molecule has 0 unspecified atom stereocenters. The zero-order valence-corrected chi connectivity index (χ0v) is 17.8. The number of hydrogen-bond donors (Lipinski definition) is 0. The lowest BCUT2D eigenvalue weighted by Gasteiger charge is -2.18. The summed E-state index contributed by atoms with van der Waals surface area (Å²) in [6.07, 6.45) is 2.63. The molecular formula is C25H24FN3O2. The van der Waals surface area contributed by atoms with E-state index in [0.29, 0.717) is 30.2 Å².